The van der Waals surface area contributed by atoms with E-state index in [9.17, 15) is 4.39 Å². The second-order valence-electron chi connectivity index (χ2n) is 4.22. The minimum atomic E-state index is -0.354. The average Bonchev–Trinajstić information content (AvgIpc) is 2.38. The Hall–Kier alpha value is -2.07. The van der Waals surface area contributed by atoms with E-state index < -0.39 is 0 Å². The summed E-state index contributed by atoms with van der Waals surface area (Å²) in [5, 5.41) is 0. The summed E-state index contributed by atoms with van der Waals surface area (Å²) in [5.74, 6) is 0.332. The summed E-state index contributed by atoms with van der Waals surface area (Å²) < 4.78 is 24.2. The van der Waals surface area contributed by atoms with E-state index in [1.54, 1.807) is 19.2 Å². The van der Waals surface area contributed by atoms with Gasteiger partial charge in [0.15, 0.2) is 0 Å². The first-order valence-electron chi connectivity index (χ1n) is 5.93. The van der Waals surface area contributed by atoms with E-state index in [4.69, 9.17) is 15.2 Å². The van der Waals surface area contributed by atoms with Gasteiger partial charge in [-0.05, 0) is 29.8 Å². The third kappa shape index (κ3) is 3.69. The van der Waals surface area contributed by atoms with E-state index in [0.717, 1.165) is 5.56 Å². The lowest BCUT2D eigenvalue weighted by Gasteiger charge is -2.09. The molecule has 2 aromatic carbocycles. The minimum absolute atomic E-state index is 0.169. The second-order valence-corrected chi connectivity index (χ2v) is 4.22. The molecule has 4 heteroatoms. The van der Waals surface area contributed by atoms with E-state index in [1.807, 2.05) is 24.3 Å². The molecule has 0 saturated heterocycles. The van der Waals surface area contributed by atoms with Gasteiger partial charge in [0.05, 0.1) is 6.61 Å². The SMILES string of the molecule is COCc1cccc(OCc2ccc(N)cc2F)c1. The summed E-state index contributed by atoms with van der Waals surface area (Å²) >= 11 is 0. The fourth-order valence-corrected chi connectivity index (χ4v) is 1.73. The van der Waals surface area contributed by atoms with Crippen LogP contribution in [0.15, 0.2) is 42.5 Å². The molecule has 0 aliphatic heterocycles. The van der Waals surface area contributed by atoms with Crippen molar-refractivity contribution in [3.05, 3.63) is 59.4 Å². The van der Waals surface area contributed by atoms with Crippen molar-refractivity contribution in [3.63, 3.8) is 0 Å². The van der Waals surface area contributed by atoms with Crippen LogP contribution in [0.3, 0.4) is 0 Å². The lowest BCUT2D eigenvalue weighted by Crippen LogP contribution is -2.00. The van der Waals surface area contributed by atoms with Gasteiger partial charge in [0, 0.05) is 18.4 Å². The van der Waals surface area contributed by atoms with Crippen LogP contribution in [-0.2, 0) is 18.0 Å². The third-order valence-corrected chi connectivity index (χ3v) is 2.68. The van der Waals surface area contributed by atoms with Crippen LogP contribution in [0, 0.1) is 5.82 Å². The summed E-state index contributed by atoms with van der Waals surface area (Å²) in [6.07, 6.45) is 0. The molecular formula is C15H16FNO2. The zero-order valence-electron chi connectivity index (χ0n) is 10.7. The van der Waals surface area contributed by atoms with E-state index in [1.165, 1.54) is 6.07 Å². The fourth-order valence-electron chi connectivity index (χ4n) is 1.73. The lowest BCUT2D eigenvalue weighted by atomic mass is 10.2. The second kappa shape index (κ2) is 6.20. The van der Waals surface area contributed by atoms with Crippen LogP contribution < -0.4 is 10.5 Å². The van der Waals surface area contributed by atoms with Crippen LogP contribution in [-0.4, -0.2) is 7.11 Å². The maximum absolute atomic E-state index is 13.6. The van der Waals surface area contributed by atoms with Crippen LogP contribution in [0.5, 0.6) is 5.75 Å². The Bertz CT molecular complexity index is 558. The highest BCUT2D eigenvalue weighted by molar-refractivity contribution is 5.40. The molecule has 0 amide bonds. The van der Waals surface area contributed by atoms with Gasteiger partial charge >= 0.3 is 0 Å². The van der Waals surface area contributed by atoms with Gasteiger partial charge in [-0.2, -0.15) is 0 Å². The monoisotopic (exact) mass is 261 g/mol. The summed E-state index contributed by atoms with van der Waals surface area (Å²) in [7, 11) is 1.64. The highest BCUT2D eigenvalue weighted by Gasteiger charge is 2.04. The minimum Gasteiger partial charge on any atom is -0.489 e. The predicted octanol–water partition coefficient (Wildman–Crippen LogP) is 3.13. The number of nitrogens with two attached hydrogens (primary N) is 1. The molecule has 0 aliphatic carbocycles. The van der Waals surface area contributed by atoms with Crippen molar-refractivity contribution in [2.24, 2.45) is 0 Å². The van der Waals surface area contributed by atoms with Gasteiger partial charge in [0.2, 0.25) is 0 Å². The van der Waals surface area contributed by atoms with E-state index in [0.29, 0.717) is 23.6 Å². The highest BCUT2D eigenvalue weighted by Crippen LogP contribution is 2.18. The number of rotatable bonds is 5. The fraction of sp³-hybridized carbons (Fsp3) is 0.200. The Kier molecular flexibility index (Phi) is 4.36. The number of benzene rings is 2. The largest absolute Gasteiger partial charge is 0.489 e. The van der Waals surface area contributed by atoms with Gasteiger partial charge in [-0.25, -0.2) is 4.39 Å². The molecule has 0 radical (unpaired) electrons. The molecule has 3 nitrogen and oxygen atoms in total. The molecule has 0 bridgehead atoms. The first kappa shape index (κ1) is 13.4. The molecule has 0 fully saturated rings. The zero-order chi connectivity index (χ0) is 13.7. The van der Waals surface area contributed by atoms with Crippen molar-refractivity contribution in [2.75, 3.05) is 12.8 Å². The molecule has 100 valence electrons. The molecule has 0 unspecified atom stereocenters. The number of hydrogen-bond donors (Lipinski definition) is 1. The Morgan fingerprint density at radius 2 is 1.95 bits per heavy atom. The molecule has 0 atom stereocenters. The smallest absolute Gasteiger partial charge is 0.131 e. The molecule has 0 aliphatic rings. The molecular weight excluding hydrogens is 245 g/mol. The Balaban J connectivity index is 2.03. The predicted molar refractivity (Wildman–Crippen MR) is 72.3 cm³/mol. The zero-order valence-corrected chi connectivity index (χ0v) is 10.7. The third-order valence-electron chi connectivity index (χ3n) is 2.68. The normalized spacial score (nSPS) is 10.4. The molecule has 2 N–H and O–H groups in total. The van der Waals surface area contributed by atoms with Crippen LogP contribution in [0.1, 0.15) is 11.1 Å². The van der Waals surface area contributed by atoms with Gasteiger partial charge in [-0.1, -0.05) is 18.2 Å². The van der Waals surface area contributed by atoms with Crippen molar-refractivity contribution in [3.8, 4) is 5.75 Å². The number of anilines is 1. The topological polar surface area (TPSA) is 44.5 Å². The van der Waals surface area contributed by atoms with Gasteiger partial charge in [0.1, 0.15) is 18.2 Å². The molecule has 0 saturated carbocycles. The molecule has 0 spiro atoms. The van der Waals surface area contributed by atoms with E-state index in [2.05, 4.69) is 0 Å². The molecule has 2 rings (SSSR count). The maximum Gasteiger partial charge on any atom is 0.131 e. The molecule has 0 heterocycles. The van der Waals surface area contributed by atoms with Crippen molar-refractivity contribution < 1.29 is 13.9 Å². The average molecular weight is 261 g/mol. The summed E-state index contributed by atoms with van der Waals surface area (Å²) in [6, 6.07) is 12.1. The van der Waals surface area contributed by atoms with Crippen LogP contribution in [0.2, 0.25) is 0 Å². The quantitative estimate of drug-likeness (QED) is 0.841. The van der Waals surface area contributed by atoms with E-state index in [-0.39, 0.29) is 12.4 Å². The molecule has 19 heavy (non-hydrogen) atoms. The number of halogens is 1. The van der Waals surface area contributed by atoms with Crippen LogP contribution >= 0.6 is 0 Å². The van der Waals surface area contributed by atoms with Gasteiger partial charge in [0.25, 0.3) is 0 Å². The molecule has 2 aromatic rings. The van der Waals surface area contributed by atoms with Crippen molar-refractivity contribution >= 4 is 5.69 Å². The van der Waals surface area contributed by atoms with Crippen molar-refractivity contribution in [1.29, 1.82) is 0 Å². The van der Waals surface area contributed by atoms with Crippen molar-refractivity contribution in [1.82, 2.24) is 0 Å². The number of nitrogen functional groups attached to an aromatic ring is 1. The number of ether oxygens (including phenoxy) is 2. The summed E-state index contributed by atoms with van der Waals surface area (Å²) in [6.45, 7) is 0.690. The van der Waals surface area contributed by atoms with Crippen LogP contribution in [0.4, 0.5) is 10.1 Å². The van der Waals surface area contributed by atoms with Gasteiger partial charge in [-0.15, -0.1) is 0 Å². The van der Waals surface area contributed by atoms with Gasteiger partial charge in [-0.3, -0.25) is 0 Å². The lowest BCUT2D eigenvalue weighted by molar-refractivity contribution is 0.184. The Morgan fingerprint density at radius 3 is 2.68 bits per heavy atom. The summed E-state index contributed by atoms with van der Waals surface area (Å²) in [4.78, 5) is 0. The highest BCUT2D eigenvalue weighted by atomic mass is 19.1. The molecule has 0 aromatic heterocycles. The standard InChI is InChI=1S/C15H16FNO2/c1-18-9-11-3-2-4-14(7-11)19-10-12-5-6-13(17)8-15(12)16/h2-8H,9-10,17H2,1H3. The van der Waals surface area contributed by atoms with Crippen molar-refractivity contribution in [2.45, 2.75) is 13.2 Å². The first-order chi connectivity index (χ1) is 9.19. The van der Waals surface area contributed by atoms with Crippen LogP contribution in [0.25, 0.3) is 0 Å². The van der Waals surface area contributed by atoms with E-state index >= 15 is 0 Å². The maximum atomic E-state index is 13.6. The Morgan fingerprint density at radius 1 is 1.11 bits per heavy atom. The first-order valence-corrected chi connectivity index (χ1v) is 5.93. The van der Waals surface area contributed by atoms with Gasteiger partial charge < -0.3 is 15.2 Å². The number of methoxy groups -OCH3 is 1. The Labute approximate surface area is 111 Å². The summed E-state index contributed by atoms with van der Waals surface area (Å²) in [5.41, 5.74) is 7.39. The number of hydrogen-bond acceptors (Lipinski definition) is 3.